The van der Waals surface area contributed by atoms with Gasteiger partial charge in [0, 0.05) is 6.42 Å². The molecule has 1 aliphatic rings. The van der Waals surface area contributed by atoms with Crippen LogP contribution in [0, 0.1) is 0 Å². The Labute approximate surface area is 85.4 Å². The molecule has 0 bridgehead atoms. The summed E-state index contributed by atoms with van der Waals surface area (Å²) in [6, 6.07) is 0. The summed E-state index contributed by atoms with van der Waals surface area (Å²) in [5.74, 6) is -1.25. The van der Waals surface area contributed by atoms with Gasteiger partial charge >= 0.3 is 16.4 Å². The lowest BCUT2D eigenvalue weighted by atomic mass is 10.0. The maximum absolute atomic E-state index is 10.4. The van der Waals surface area contributed by atoms with E-state index >= 15 is 0 Å². The average molecular weight is 242 g/mol. The van der Waals surface area contributed by atoms with Crippen LogP contribution in [0.15, 0.2) is 0 Å². The molecular weight excluding hydrogens is 232 g/mol. The van der Waals surface area contributed by atoms with E-state index in [4.69, 9.17) is 14.4 Å². The number of rotatable bonds is 3. The molecule has 8 nitrogen and oxygen atoms in total. The minimum Gasteiger partial charge on any atom is -0.479 e. The second-order valence-corrected chi connectivity index (χ2v) is 4.07. The van der Waals surface area contributed by atoms with Crippen LogP contribution in [0.2, 0.25) is 0 Å². The average Bonchev–Trinajstić information content (AvgIpc) is 2.05. The van der Waals surface area contributed by atoms with Crippen molar-refractivity contribution in [2.45, 2.75) is 24.7 Å². The predicted molar refractivity (Wildman–Crippen MR) is 44.4 cm³/mol. The molecule has 0 aliphatic carbocycles. The number of aliphatic hydroxyl groups excluding tert-OH is 1. The number of ether oxygens (including phenoxy) is 1. The molecule has 1 saturated heterocycles. The fourth-order valence-electron chi connectivity index (χ4n) is 1.18. The summed E-state index contributed by atoms with van der Waals surface area (Å²) in [4.78, 5) is 10.4. The zero-order valence-corrected chi connectivity index (χ0v) is 8.25. The summed E-state index contributed by atoms with van der Waals surface area (Å²) in [5, 5.41) is 17.8. The van der Waals surface area contributed by atoms with Crippen molar-refractivity contribution in [3.63, 3.8) is 0 Å². The van der Waals surface area contributed by atoms with Crippen LogP contribution in [-0.2, 0) is 24.1 Å². The second-order valence-electron chi connectivity index (χ2n) is 3.03. The first-order valence-corrected chi connectivity index (χ1v) is 5.34. The van der Waals surface area contributed by atoms with Crippen LogP contribution in [0.5, 0.6) is 0 Å². The minimum atomic E-state index is -4.68. The zero-order chi connectivity index (χ0) is 11.6. The van der Waals surface area contributed by atoms with E-state index in [1.165, 1.54) is 0 Å². The molecule has 9 heteroatoms. The number of carboxylic acids is 1. The summed E-state index contributed by atoms with van der Waals surface area (Å²) >= 11 is 0. The Balaban J connectivity index is 2.57. The summed E-state index contributed by atoms with van der Waals surface area (Å²) in [5.41, 5.74) is 0. The van der Waals surface area contributed by atoms with Crippen molar-refractivity contribution in [2.24, 2.45) is 0 Å². The van der Waals surface area contributed by atoms with Crippen molar-refractivity contribution in [3.8, 4) is 0 Å². The van der Waals surface area contributed by atoms with Crippen LogP contribution >= 0.6 is 0 Å². The van der Waals surface area contributed by atoms with Crippen molar-refractivity contribution in [2.75, 3.05) is 6.61 Å². The quantitative estimate of drug-likeness (QED) is 0.505. The van der Waals surface area contributed by atoms with Crippen molar-refractivity contribution in [1.29, 1.82) is 0 Å². The van der Waals surface area contributed by atoms with E-state index in [9.17, 15) is 18.3 Å². The van der Waals surface area contributed by atoms with Crippen LogP contribution in [-0.4, -0.2) is 54.1 Å². The van der Waals surface area contributed by atoms with E-state index in [0.29, 0.717) is 0 Å². The molecule has 1 aliphatic heterocycles. The minimum absolute atomic E-state index is 0.296. The van der Waals surface area contributed by atoms with E-state index in [-0.39, 0.29) is 6.42 Å². The molecule has 3 N–H and O–H groups in total. The van der Waals surface area contributed by atoms with Gasteiger partial charge in [-0.3, -0.25) is 4.55 Å². The summed E-state index contributed by atoms with van der Waals surface area (Å²) in [7, 11) is -4.68. The fourth-order valence-corrected chi connectivity index (χ4v) is 1.68. The van der Waals surface area contributed by atoms with Crippen LogP contribution in [0.1, 0.15) is 6.42 Å². The Hall–Kier alpha value is -0.740. The Kier molecular flexibility index (Phi) is 3.62. The van der Waals surface area contributed by atoms with Crippen LogP contribution in [0.3, 0.4) is 0 Å². The number of carbonyl (C=O) groups is 1. The Morgan fingerprint density at radius 3 is 2.47 bits per heavy atom. The molecule has 88 valence electrons. The number of carboxylic acid groups (broad SMARTS) is 1. The first-order valence-electron chi connectivity index (χ1n) is 3.98. The van der Waals surface area contributed by atoms with Crippen molar-refractivity contribution in [1.82, 2.24) is 0 Å². The molecule has 0 radical (unpaired) electrons. The Morgan fingerprint density at radius 2 is 2.07 bits per heavy atom. The highest BCUT2D eigenvalue weighted by Gasteiger charge is 2.36. The molecule has 1 fully saturated rings. The molecule has 0 saturated carbocycles. The van der Waals surface area contributed by atoms with E-state index in [0.717, 1.165) is 0 Å². The summed E-state index contributed by atoms with van der Waals surface area (Å²) in [6.45, 7) is -0.419. The van der Waals surface area contributed by atoms with Crippen LogP contribution in [0.25, 0.3) is 0 Å². The highest BCUT2D eigenvalue weighted by molar-refractivity contribution is 7.80. The number of aliphatic hydroxyl groups is 1. The van der Waals surface area contributed by atoms with E-state index in [1.54, 1.807) is 0 Å². The van der Waals surface area contributed by atoms with Gasteiger partial charge in [-0.15, -0.1) is 0 Å². The Bertz CT molecular complexity index is 335. The van der Waals surface area contributed by atoms with E-state index < -0.39 is 41.3 Å². The van der Waals surface area contributed by atoms with Gasteiger partial charge in [-0.1, -0.05) is 0 Å². The zero-order valence-electron chi connectivity index (χ0n) is 7.44. The lowest BCUT2D eigenvalue weighted by Crippen LogP contribution is -2.46. The third-order valence-corrected chi connectivity index (χ3v) is 2.36. The topological polar surface area (TPSA) is 130 Å². The first kappa shape index (κ1) is 12.3. The molecule has 3 atom stereocenters. The molecule has 0 amide bonds. The van der Waals surface area contributed by atoms with Gasteiger partial charge in [-0.05, 0) is 0 Å². The standard InChI is InChI=1S/C6H10O8S/c7-3-1-4(6(8)9)13-2-5(3)14-15(10,11)12/h3-5,7H,1-2H2,(H,8,9)(H,10,11,12)/t3-,4?,5?/m1/s1. The van der Waals surface area contributed by atoms with Crippen LogP contribution in [0.4, 0.5) is 0 Å². The molecule has 1 heterocycles. The van der Waals surface area contributed by atoms with Gasteiger partial charge in [-0.2, -0.15) is 8.42 Å². The SMILES string of the molecule is O=C(O)C1C[C@@H](O)C(OS(=O)(=O)O)CO1. The predicted octanol–water partition coefficient (Wildman–Crippen LogP) is -1.59. The van der Waals surface area contributed by atoms with Crippen molar-refractivity contribution in [3.05, 3.63) is 0 Å². The largest absolute Gasteiger partial charge is 0.479 e. The monoisotopic (exact) mass is 242 g/mol. The second kappa shape index (κ2) is 4.41. The number of hydrogen-bond acceptors (Lipinski definition) is 6. The molecule has 2 unspecified atom stereocenters. The first-order chi connectivity index (χ1) is 6.79. The third-order valence-electron chi connectivity index (χ3n) is 1.87. The molecular formula is C6H10O8S. The van der Waals surface area contributed by atoms with Crippen molar-refractivity contribution < 1.29 is 36.9 Å². The maximum Gasteiger partial charge on any atom is 0.397 e. The van der Waals surface area contributed by atoms with Gasteiger partial charge in [0.1, 0.15) is 6.10 Å². The molecule has 0 aromatic heterocycles. The molecule has 0 spiro atoms. The lowest BCUT2D eigenvalue weighted by Gasteiger charge is -2.29. The number of hydrogen-bond donors (Lipinski definition) is 3. The van der Waals surface area contributed by atoms with Crippen molar-refractivity contribution >= 4 is 16.4 Å². The van der Waals surface area contributed by atoms with E-state index in [2.05, 4.69) is 4.18 Å². The molecule has 1 rings (SSSR count). The fraction of sp³-hybridized carbons (Fsp3) is 0.833. The smallest absolute Gasteiger partial charge is 0.397 e. The normalized spacial score (nSPS) is 32.5. The Morgan fingerprint density at radius 1 is 1.47 bits per heavy atom. The van der Waals surface area contributed by atoms with Gasteiger partial charge in [0.15, 0.2) is 6.10 Å². The van der Waals surface area contributed by atoms with Gasteiger partial charge in [0.25, 0.3) is 0 Å². The highest BCUT2D eigenvalue weighted by atomic mass is 32.3. The third kappa shape index (κ3) is 3.72. The highest BCUT2D eigenvalue weighted by Crippen LogP contribution is 2.18. The van der Waals surface area contributed by atoms with Gasteiger partial charge in [0.05, 0.1) is 12.7 Å². The lowest BCUT2D eigenvalue weighted by molar-refractivity contribution is -0.166. The summed E-state index contributed by atoms with van der Waals surface area (Å²) in [6.07, 6.45) is -4.09. The van der Waals surface area contributed by atoms with E-state index in [1.807, 2.05) is 0 Å². The molecule has 0 aromatic rings. The maximum atomic E-state index is 10.4. The molecule has 0 aromatic carbocycles. The van der Waals surface area contributed by atoms with Gasteiger partial charge in [0.2, 0.25) is 0 Å². The van der Waals surface area contributed by atoms with Gasteiger partial charge < -0.3 is 14.9 Å². The van der Waals surface area contributed by atoms with Crippen LogP contribution < -0.4 is 0 Å². The molecule has 15 heavy (non-hydrogen) atoms. The number of aliphatic carboxylic acids is 1. The van der Waals surface area contributed by atoms with Gasteiger partial charge in [-0.25, -0.2) is 8.98 Å². The summed E-state index contributed by atoms with van der Waals surface area (Å²) < 4.78 is 37.7.